The van der Waals surface area contributed by atoms with Crippen molar-refractivity contribution < 1.29 is 38.3 Å². The molecular weight excluding hydrogens is 424 g/mol. The molecule has 0 atom stereocenters. The van der Waals surface area contributed by atoms with Crippen molar-refractivity contribution in [2.45, 2.75) is 20.0 Å². The van der Waals surface area contributed by atoms with Crippen molar-refractivity contribution in [1.82, 2.24) is 0 Å². The molecule has 0 bridgehead atoms. The normalized spacial score (nSPS) is 12.1. The van der Waals surface area contributed by atoms with E-state index in [-0.39, 0.29) is 36.4 Å². The molecule has 0 radical (unpaired) electrons. The lowest BCUT2D eigenvalue weighted by Gasteiger charge is -2.18. The number of anilines is 1. The van der Waals surface area contributed by atoms with Crippen LogP contribution in [0.25, 0.3) is 0 Å². The van der Waals surface area contributed by atoms with Crippen LogP contribution in [0.1, 0.15) is 34.6 Å². The number of nitro benzene ring substituents is 1. The highest BCUT2D eigenvalue weighted by molar-refractivity contribution is 5.98. The highest BCUT2D eigenvalue weighted by Crippen LogP contribution is 2.36. The first-order chi connectivity index (χ1) is 15.2. The molecule has 0 aromatic heterocycles. The summed E-state index contributed by atoms with van der Waals surface area (Å²) in [6.07, 6.45) is -0.262. The molecule has 11 nitrogen and oxygen atoms in total. The highest BCUT2D eigenvalue weighted by atomic mass is 16.6. The minimum absolute atomic E-state index is 0.151. The minimum Gasteiger partial charge on any atom is -0.486 e. The maximum absolute atomic E-state index is 12.4. The first-order valence-electron chi connectivity index (χ1n) is 9.60. The van der Waals surface area contributed by atoms with E-state index in [1.165, 1.54) is 24.3 Å². The molecule has 168 valence electrons. The highest BCUT2D eigenvalue weighted by Gasteiger charge is 2.27. The van der Waals surface area contributed by atoms with Gasteiger partial charge in [0.05, 0.1) is 22.7 Å². The molecule has 0 fully saturated rings. The Hall–Kier alpha value is -4.15. The fourth-order valence-corrected chi connectivity index (χ4v) is 2.77. The van der Waals surface area contributed by atoms with Crippen molar-refractivity contribution in [1.29, 1.82) is 0 Å². The zero-order valence-corrected chi connectivity index (χ0v) is 17.3. The second-order valence-electron chi connectivity index (χ2n) is 6.93. The molecule has 3 rings (SSSR count). The summed E-state index contributed by atoms with van der Waals surface area (Å²) < 4.78 is 20.6. The molecule has 2 aromatic carbocycles. The quantitative estimate of drug-likeness (QED) is 0.387. The lowest BCUT2D eigenvalue weighted by Crippen LogP contribution is -2.22. The minimum atomic E-state index is -1.06. The Morgan fingerprint density at radius 2 is 1.69 bits per heavy atom. The molecule has 1 amide bonds. The summed E-state index contributed by atoms with van der Waals surface area (Å²) in [6.45, 7) is 3.24. The van der Waals surface area contributed by atoms with Crippen molar-refractivity contribution in [3.63, 3.8) is 0 Å². The molecule has 1 aliphatic heterocycles. The third kappa shape index (κ3) is 5.50. The van der Waals surface area contributed by atoms with Crippen LogP contribution in [0.3, 0.4) is 0 Å². The van der Waals surface area contributed by atoms with Gasteiger partial charge in [-0.3, -0.25) is 14.9 Å². The zero-order chi connectivity index (χ0) is 23.3. The molecule has 0 saturated heterocycles. The summed E-state index contributed by atoms with van der Waals surface area (Å²) in [4.78, 5) is 46.9. The van der Waals surface area contributed by atoms with E-state index >= 15 is 0 Å². The first kappa shape index (κ1) is 22.5. The number of rotatable bonds is 7. The molecule has 0 unspecified atom stereocenters. The predicted octanol–water partition coefficient (Wildman–Crippen LogP) is 2.73. The Labute approximate surface area is 182 Å². The molecule has 32 heavy (non-hydrogen) atoms. The Morgan fingerprint density at radius 3 is 2.28 bits per heavy atom. The van der Waals surface area contributed by atoms with Gasteiger partial charge in [0.15, 0.2) is 18.1 Å². The number of hydrogen-bond donors (Lipinski definition) is 1. The van der Waals surface area contributed by atoms with Gasteiger partial charge in [-0.05, 0) is 38.1 Å². The summed E-state index contributed by atoms with van der Waals surface area (Å²) >= 11 is 0. The third-order valence-corrected chi connectivity index (χ3v) is 4.16. The number of nitrogens with one attached hydrogen (secondary N) is 1. The van der Waals surface area contributed by atoms with Gasteiger partial charge >= 0.3 is 11.9 Å². The molecular formula is C21H20N2O9. The van der Waals surface area contributed by atoms with Crippen LogP contribution in [0.5, 0.6) is 11.5 Å². The van der Waals surface area contributed by atoms with E-state index in [4.69, 9.17) is 18.9 Å². The van der Waals surface area contributed by atoms with E-state index in [1.807, 2.05) is 0 Å². The van der Waals surface area contributed by atoms with Gasteiger partial charge in [0.25, 0.3) is 11.6 Å². The summed E-state index contributed by atoms with van der Waals surface area (Å²) in [6, 6.07) is 8.17. The monoisotopic (exact) mass is 444 g/mol. The van der Waals surface area contributed by atoms with Gasteiger partial charge in [-0.25, -0.2) is 9.59 Å². The molecule has 0 saturated carbocycles. The van der Waals surface area contributed by atoms with Crippen LogP contribution in [-0.4, -0.2) is 48.7 Å². The average molecular weight is 444 g/mol. The lowest BCUT2D eigenvalue weighted by molar-refractivity contribution is -0.385. The van der Waals surface area contributed by atoms with Crippen LogP contribution < -0.4 is 14.8 Å². The van der Waals surface area contributed by atoms with Gasteiger partial charge in [0.1, 0.15) is 18.8 Å². The van der Waals surface area contributed by atoms with Crippen molar-refractivity contribution in [3.05, 3.63) is 57.6 Å². The number of nitrogens with zero attached hydrogens (tertiary/aromatic N) is 1. The molecule has 1 heterocycles. The SMILES string of the molecule is CC(C)OC(=O)c1ccc(NC(=O)COC(=O)c2cc3c(cc2[N+](=O)[O-])OCCO3)cc1. The van der Waals surface area contributed by atoms with Gasteiger partial charge in [0.2, 0.25) is 0 Å². The number of benzene rings is 2. The molecule has 0 aliphatic carbocycles. The molecule has 1 aliphatic rings. The van der Waals surface area contributed by atoms with Crippen molar-refractivity contribution in [2.24, 2.45) is 0 Å². The number of fused-ring (bicyclic) bond motifs is 1. The smallest absolute Gasteiger partial charge is 0.345 e. The van der Waals surface area contributed by atoms with Gasteiger partial charge in [-0.2, -0.15) is 0 Å². The Morgan fingerprint density at radius 1 is 1.06 bits per heavy atom. The number of nitro groups is 1. The largest absolute Gasteiger partial charge is 0.486 e. The van der Waals surface area contributed by atoms with Crippen LogP contribution in [0, 0.1) is 10.1 Å². The summed E-state index contributed by atoms with van der Waals surface area (Å²) in [5.74, 6) is -1.90. The second-order valence-corrected chi connectivity index (χ2v) is 6.93. The topological polar surface area (TPSA) is 143 Å². The van der Waals surface area contributed by atoms with Gasteiger partial charge in [-0.1, -0.05) is 0 Å². The van der Waals surface area contributed by atoms with Crippen LogP contribution >= 0.6 is 0 Å². The Kier molecular flexibility index (Phi) is 6.88. The van der Waals surface area contributed by atoms with Crippen molar-refractivity contribution >= 4 is 29.2 Å². The number of carbonyl (C=O) groups excluding carboxylic acids is 3. The third-order valence-electron chi connectivity index (χ3n) is 4.16. The van der Waals surface area contributed by atoms with Crippen LogP contribution in [0.2, 0.25) is 0 Å². The van der Waals surface area contributed by atoms with Crippen LogP contribution in [0.15, 0.2) is 36.4 Å². The molecule has 0 spiro atoms. The summed E-state index contributed by atoms with van der Waals surface area (Å²) in [5.41, 5.74) is -0.213. The predicted molar refractivity (Wildman–Crippen MR) is 110 cm³/mol. The zero-order valence-electron chi connectivity index (χ0n) is 17.3. The fraction of sp³-hybridized carbons (Fsp3) is 0.286. The summed E-state index contributed by atoms with van der Waals surface area (Å²) in [5, 5.41) is 13.8. The standard InChI is InChI=1S/C21H20N2O9/c1-12(2)32-20(25)13-3-5-14(6-4-13)22-19(24)11-31-21(26)15-9-17-18(30-8-7-29-17)10-16(15)23(27)28/h3-6,9-10,12H,7-8,11H2,1-2H3,(H,22,24). The van der Waals surface area contributed by atoms with Crippen LogP contribution in [-0.2, 0) is 14.3 Å². The van der Waals surface area contributed by atoms with Crippen molar-refractivity contribution in [3.8, 4) is 11.5 Å². The number of ether oxygens (including phenoxy) is 4. The van der Waals surface area contributed by atoms with Gasteiger partial charge < -0.3 is 24.3 Å². The van der Waals surface area contributed by atoms with E-state index in [2.05, 4.69) is 5.32 Å². The van der Waals surface area contributed by atoms with E-state index in [0.29, 0.717) is 11.3 Å². The number of amides is 1. The number of esters is 2. The number of carbonyl (C=O) groups is 3. The fourth-order valence-electron chi connectivity index (χ4n) is 2.77. The Balaban J connectivity index is 1.61. The number of hydrogen-bond acceptors (Lipinski definition) is 9. The lowest BCUT2D eigenvalue weighted by atomic mass is 10.1. The maximum Gasteiger partial charge on any atom is 0.345 e. The first-order valence-corrected chi connectivity index (χ1v) is 9.60. The van der Waals surface area contributed by atoms with E-state index < -0.39 is 35.1 Å². The molecule has 2 aromatic rings. The maximum atomic E-state index is 12.4. The Bertz CT molecular complexity index is 1050. The second kappa shape index (κ2) is 9.77. The van der Waals surface area contributed by atoms with E-state index in [0.717, 1.165) is 12.1 Å². The van der Waals surface area contributed by atoms with Crippen molar-refractivity contribution in [2.75, 3.05) is 25.1 Å². The van der Waals surface area contributed by atoms with Crippen LogP contribution in [0.4, 0.5) is 11.4 Å². The molecule has 1 N–H and O–H groups in total. The van der Waals surface area contributed by atoms with E-state index in [9.17, 15) is 24.5 Å². The average Bonchev–Trinajstić information content (AvgIpc) is 2.76. The summed E-state index contributed by atoms with van der Waals surface area (Å²) in [7, 11) is 0. The molecule has 11 heteroatoms. The van der Waals surface area contributed by atoms with Gasteiger partial charge in [-0.15, -0.1) is 0 Å². The van der Waals surface area contributed by atoms with E-state index in [1.54, 1.807) is 13.8 Å². The van der Waals surface area contributed by atoms with Gasteiger partial charge in [0, 0.05) is 11.8 Å².